The SMILES string of the molecule is CCCCCC1(C)CCC(C2CCC(OC(=O)CCC)CC2)CC1. The Morgan fingerprint density at radius 2 is 1.54 bits per heavy atom. The number of esters is 1. The molecule has 2 aliphatic rings. The molecule has 0 aromatic carbocycles. The summed E-state index contributed by atoms with van der Waals surface area (Å²) in [5, 5.41) is 0. The van der Waals surface area contributed by atoms with Crippen LogP contribution in [-0.4, -0.2) is 12.1 Å². The van der Waals surface area contributed by atoms with E-state index < -0.39 is 0 Å². The van der Waals surface area contributed by atoms with Gasteiger partial charge in [0.25, 0.3) is 0 Å². The molecule has 2 heteroatoms. The standard InChI is InChI=1S/C22H40O2/c1-4-6-7-15-22(3)16-13-19(14-17-22)18-9-11-20(12-10-18)24-21(23)8-5-2/h18-20H,4-17H2,1-3H3. The van der Waals surface area contributed by atoms with E-state index in [1.54, 1.807) is 0 Å². The Labute approximate surface area is 150 Å². The maximum absolute atomic E-state index is 11.7. The highest BCUT2D eigenvalue weighted by Crippen LogP contribution is 2.47. The van der Waals surface area contributed by atoms with E-state index in [0.717, 1.165) is 31.1 Å². The number of ether oxygens (including phenoxy) is 1. The average molecular weight is 337 g/mol. The second-order valence-electron chi connectivity index (χ2n) is 8.88. The van der Waals surface area contributed by atoms with Crippen LogP contribution in [0.4, 0.5) is 0 Å². The first-order valence-electron chi connectivity index (χ1n) is 10.8. The molecule has 0 spiro atoms. The van der Waals surface area contributed by atoms with Crippen LogP contribution in [0.3, 0.4) is 0 Å². The Kier molecular flexibility index (Phi) is 8.10. The fourth-order valence-electron chi connectivity index (χ4n) is 4.99. The van der Waals surface area contributed by atoms with Gasteiger partial charge in [0.2, 0.25) is 0 Å². The summed E-state index contributed by atoms with van der Waals surface area (Å²) in [6.07, 6.45) is 17.8. The molecule has 0 atom stereocenters. The molecular formula is C22H40O2. The quantitative estimate of drug-likeness (QED) is 0.365. The zero-order chi connectivity index (χ0) is 17.4. The molecule has 2 rings (SSSR count). The molecule has 2 fully saturated rings. The molecular weight excluding hydrogens is 296 g/mol. The largest absolute Gasteiger partial charge is 0.462 e. The van der Waals surface area contributed by atoms with E-state index in [4.69, 9.17) is 4.74 Å². The van der Waals surface area contributed by atoms with Crippen molar-refractivity contribution in [3.05, 3.63) is 0 Å². The molecule has 140 valence electrons. The van der Waals surface area contributed by atoms with Gasteiger partial charge in [-0.15, -0.1) is 0 Å². The number of carbonyl (C=O) groups excluding carboxylic acids is 1. The van der Waals surface area contributed by atoms with Crippen LogP contribution in [-0.2, 0) is 9.53 Å². The average Bonchev–Trinajstić information content (AvgIpc) is 2.57. The lowest BCUT2D eigenvalue weighted by molar-refractivity contribution is -0.151. The second kappa shape index (κ2) is 9.82. The third kappa shape index (κ3) is 6.08. The maximum Gasteiger partial charge on any atom is 0.306 e. The number of carbonyl (C=O) groups is 1. The minimum atomic E-state index is 0.0152. The molecule has 2 nitrogen and oxygen atoms in total. The van der Waals surface area contributed by atoms with Crippen LogP contribution in [0.5, 0.6) is 0 Å². The summed E-state index contributed by atoms with van der Waals surface area (Å²) < 4.78 is 5.62. The Morgan fingerprint density at radius 1 is 0.917 bits per heavy atom. The van der Waals surface area contributed by atoms with Crippen molar-refractivity contribution in [3.8, 4) is 0 Å². The third-order valence-electron chi connectivity index (χ3n) is 6.76. The predicted molar refractivity (Wildman–Crippen MR) is 101 cm³/mol. The number of hydrogen-bond donors (Lipinski definition) is 0. The molecule has 0 aliphatic heterocycles. The van der Waals surface area contributed by atoms with Crippen molar-refractivity contribution in [2.45, 2.75) is 117 Å². The molecule has 0 heterocycles. The zero-order valence-electron chi connectivity index (χ0n) is 16.4. The minimum Gasteiger partial charge on any atom is -0.462 e. The van der Waals surface area contributed by atoms with Crippen molar-refractivity contribution < 1.29 is 9.53 Å². The van der Waals surface area contributed by atoms with Crippen LogP contribution in [0.25, 0.3) is 0 Å². The highest BCUT2D eigenvalue weighted by molar-refractivity contribution is 5.69. The van der Waals surface area contributed by atoms with Crippen molar-refractivity contribution in [1.82, 2.24) is 0 Å². The van der Waals surface area contributed by atoms with Gasteiger partial charge in [0.05, 0.1) is 0 Å². The molecule has 0 saturated heterocycles. The summed E-state index contributed by atoms with van der Waals surface area (Å²) >= 11 is 0. The van der Waals surface area contributed by atoms with Crippen LogP contribution in [0.2, 0.25) is 0 Å². The first-order valence-corrected chi connectivity index (χ1v) is 10.8. The number of rotatable bonds is 8. The second-order valence-corrected chi connectivity index (χ2v) is 8.88. The van der Waals surface area contributed by atoms with E-state index in [9.17, 15) is 4.79 Å². The van der Waals surface area contributed by atoms with E-state index in [1.807, 2.05) is 6.92 Å². The zero-order valence-corrected chi connectivity index (χ0v) is 16.4. The Balaban J connectivity index is 1.67. The molecule has 0 unspecified atom stereocenters. The van der Waals surface area contributed by atoms with Gasteiger partial charge >= 0.3 is 5.97 Å². The minimum absolute atomic E-state index is 0.0152. The number of hydrogen-bond acceptors (Lipinski definition) is 2. The van der Waals surface area contributed by atoms with Gasteiger partial charge in [-0.2, -0.15) is 0 Å². The summed E-state index contributed by atoms with van der Waals surface area (Å²) in [5.41, 5.74) is 0.624. The van der Waals surface area contributed by atoms with Crippen molar-refractivity contribution in [1.29, 1.82) is 0 Å². The van der Waals surface area contributed by atoms with Gasteiger partial charge in [-0.1, -0.05) is 40.0 Å². The molecule has 0 bridgehead atoms. The Morgan fingerprint density at radius 3 is 2.12 bits per heavy atom. The van der Waals surface area contributed by atoms with Crippen LogP contribution in [0.15, 0.2) is 0 Å². The van der Waals surface area contributed by atoms with Gasteiger partial charge < -0.3 is 4.74 Å². The van der Waals surface area contributed by atoms with Crippen LogP contribution in [0.1, 0.15) is 111 Å². The molecule has 0 aromatic rings. The highest BCUT2D eigenvalue weighted by atomic mass is 16.5. The number of unbranched alkanes of at least 4 members (excludes halogenated alkanes) is 2. The molecule has 24 heavy (non-hydrogen) atoms. The summed E-state index contributed by atoms with van der Waals surface area (Å²) in [6.45, 7) is 6.87. The van der Waals surface area contributed by atoms with Gasteiger partial charge in [-0.3, -0.25) is 4.79 Å². The molecule has 0 N–H and O–H groups in total. The monoisotopic (exact) mass is 336 g/mol. The molecule has 2 aliphatic carbocycles. The van der Waals surface area contributed by atoms with E-state index in [1.165, 1.54) is 64.2 Å². The highest BCUT2D eigenvalue weighted by Gasteiger charge is 2.35. The first kappa shape index (κ1) is 19.8. The van der Waals surface area contributed by atoms with E-state index >= 15 is 0 Å². The summed E-state index contributed by atoms with van der Waals surface area (Å²) in [5.74, 6) is 1.85. The van der Waals surface area contributed by atoms with E-state index in [-0.39, 0.29) is 12.1 Å². The van der Waals surface area contributed by atoms with Crippen molar-refractivity contribution in [2.24, 2.45) is 17.3 Å². The van der Waals surface area contributed by atoms with Gasteiger partial charge in [0, 0.05) is 6.42 Å². The summed E-state index contributed by atoms with van der Waals surface area (Å²) in [4.78, 5) is 11.7. The van der Waals surface area contributed by atoms with E-state index in [2.05, 4.69) is 13.8 Å². The van der Waals surface area contributed by atoms with Gasteiger partial charge in [0.1, 0.15) is 6.10 Å². The maximum atomic E-state index is 11.7. The van der Waals surface area contributed by atoms with Gasteiger partial charge in [-0.25, -0.2) is 0 Å². The molecule has 2 saturated carbocycles. The fourth-order valence-corrected chi connectivity index (χ4v) is 4.99. The van der Waals surface area contributed by atoms with Crippen LogP contribution < -0.4 is 0 Å². The smallest absolute Gasteiger partial charge is 0.306 e. The summed E-state index contributed by atoms with van der Waals surface area (Å²) in [6, 6.07) is 0. The first-order chi connectivity index (χ1) is 11.6. The third-order valence-corrected chi connectivity index (χ3v) is 6.76. The lowest BCUT2D eigenvalue weighted by atomic mass is 9.64. The topological polar surface area (TPSA) is 26.3 Å². The lowest BCUT2D eigenvalue weighted by Gasteiger charge is -2.42. The Hall–Kier alpha value is -0.530. The Bertz CT molecular complexity index is 360. The van der Waals surface area contributed by atoms with Gasteiger partial charge in [-0.05, 0) is 81.5 Å². The van der Waals surface area contributed by atoms with Crippen molar-refractivity contribution >= 4 is 5.97 Å². The van der Waals surface area contributed by atoms with Crippen molar-refractivity contribution in [2.75, 3.05) is 0 Å². The molecule has 0 radical (unpaired) electrons. The molecule has 0 aromatic heterocycles. The fraction of sp³-hybridized carbons (Fsp3) is 0.955. The van der Waals surface area contributed by atoms with Crippen molar-refractivity contribution in [3.63, 3.8) is 0 Å². The van der Waals surface area contributed by atoms with E-state index in [0.29, 0.717) is 11.8 Å². The van der Waals surface area contributed by atoms with Gasteiger partial charge in [0.15, 0.2) is 0 Å². The predicted octanol–water partition coefficient (Wildman–Crippen LogP) is 6.67. The lowest BCUT2D eigenvalue weighted by Crippen LogP contribution is -2.32. The summed E-state index contributed by atoms with van der Waals surface area (Å²) in [7, 11) is 0. The normalized spacial score (nSPS) is 34.0. The van der Waals surface area contributed by atoms with Crippen LogP contribution >= 0.6 is 0 Å². The van der Waals surface area contributed by atoms with Crippen LogP contribution in [0, 0.1) is 17.3 Å². The molecule has 0 amide bonds.